The Labute approximate surface area is 204 Å². The van der Waals surface area contributed by atoms with E-state index in [0.29, 0.717) is 40.7 Å². The Morgan fingerprint density at radius 1 is 1.23 bits per heavy atom. The topological polar surface area (TPSA) is 88.5 Å². The average Bonchev–Trinajstić information content (AvgIpc) is 3.63. The van der Waals surface area contributed by atoms with Crippen LogP contribution in [0, 0.1) is 5.82 Å². The highest BCUT2D eigenvalue weighted by molar-refractivity contribution is 7.22. The van der Waals surface area contributed by atoms with E-state index in [-0.39, 0.29) is 17.0 Å². The molecule has 4 aromatic rings. The zero-order valence-electron chi connectivity index (χ0n) is 19.1. The molecule has 2 aliphatic rings. The van der Waals surface area contributed by atoms with Crippen LogP contribution in [0.15, 0.2) is 41.3 Å². The lowest BCUT2D eigenvalue weighted by Crippen LogP contribution is -2.43. The van der Waals surface area contributed by atoms with Crippen molar-refractivity contribution >= 4 is 49.2 Å². The summed E-state index contributed by atoms with van der Waals surface area (Å²) in [5, 5.41) is 6.63. The molecule has 0 bridgehead atoms. The Morgan fingerprint density at radius 2 is 2.03 bits per heavy atom. The number of carbonyl (C=O) groups is 1. The fraction of sp³-hybridized carbons (Fsp3) is 0.320. The van der Waals surface area contributed by atoms with E-state index in [0.717, 1.165) is 30.6 Å². The summed E-state index contributed by atoms with van der Waals surface area (Å²) >= 11 is 1.31. The van der Waals surface area contributed by atoms with Crippen molar-refractivity contribution in [1.29, 1.82) is 0 Å². The molecule has 10 heteroatoms. The Bertz CT molecular complexity index is 1520. The molecule has 2 aromatic carbocycles. The highest BCUT2D eigenvalue weighted by atomic mass is 32.1. The average molecular weight is 494 g/mol. The van der Waals surface area contributed by atoms with Crippen LogP contribution in [0.5, 0.6) is 5.75 Å². The van der Waals surface area contributed by atoms with E-state index in [2.05, 4.69) is 15.6 Å². The number of benzene rings is 2. The molecule has 2 aromatic heterocycles. The van der Waals surface area contributed by atoms with Gasteiger partial charge in [-0.05, 0) is 37.1 Å². The maximum Gasteiger partial charge on any atom is 0.262 e. The molecule has 35 heavy (non-hydrogen) atoms. The Balaban J connectivity index is 1.39. The van der Waals surface area contributed by atoms with Crippen LogP contribution in [-0.2, 0) is 0 Å². The predicted molar refractivity (Wildman–Crippen MR) is 136 cm³/mol. The molecule has 0 unspecified atom stereocenters. The van der Waals surface area contributed by atoms with Crippen molar-refractivity contribution in [3.63, 3.8) is 0 Å². The number of amides is 1. The van der Waals surface area contributed by atoms with Crippen molar-refractivity contribution in [3.05, 3.63) is 58.1 Å². The molecule has 1 aliphatic carbocycles. The number of anilines is 2. The predicted octanol–water partition coefficient (Wildman–Crippen LogP) is 3.76. The summed E-state index contributed by atoms with van der Waals surface area (Å²) in [6, 6.07) is 8.73. The molecule has 1 amide bonds. The zero-order valence-corrected chi connectivity index (χ0v) is 20.0. The summed E-state index contributed by atoms with van der Waals surface area (Å²) in [5.74, 6) is -0.329. The molecular formula is C25H24FN5O3S. The van der Waals surface area contributed by atoms with E-state index >= 15 is 4.39 Å². The fourth-order valence-corrected chi connectivity index (χ4v) is 5.42. The van der Waals surface area contributed by atoms with Gasteiger partial charge in [0.05, 0.1) is 28.5 Å². The summed E-state index contributed by atoms with van der Waals surface area (Å²) in [6.45, 7) is 2.96. The molecule has 180 valence electrons. The molecule has 8 nitrogen and oxygen atoms in total. The van der Waals surface area contributed by atoms with Gasteiger partial charge in [-0.2, -0.15) is 0 Å². The van der Waals surface area contributed by atoms with Gasteiger partial charge in [0.1, 0.15) is 17.1 Å². The number of methoxy groups -OCH3 is 1. The number of rotatable bonds is 5. The van der Waals surface area contributed by atoms with Gasteiger partial charge < -0.3 is 19.5 Å². The highest BCUT2D eigenvalue weighted by Crippen LogP contribution is 2.38. The SMILES string of the molecule is COc1ccc2sc(NC(=O)c3cn(C4CC4)c4cc(N5CCNCC5)c(F)cc4c3=O)nc2c1. The van der Waals surface area contributed by atoms with Gasteiger partial charge in [-0.1, -0.05) is 11.3 Å². The number of ether oxygens (including phenoxy) is 1. The van der Waals surface area contributed by atoms with Crippen LogP contribution in [0.2, 0.25) is 0 Å². The molecule has 0 spiro atoms. The van der Waals surface area contributed by atoms with Gasteiger partial charge in [0, 0.05) is 49.9 Å². The number of hydrogen-bond acceptors (Lipinski definition) is 7. The molecule has 0 atom stereocenters. The van der Waals surface area contributed by atoms with Gasteiger partial charge in [-0.15, -0.1) is 0 Å². The first-order valence-electron chi connectivity index (χ1n) is 11.6. The van der Waals surface area contributed by atoms with Crippen molar-refractivity contribution < 1.29 is 13.9 Å². The number of nitrogens with one attached hydrogen (secondary N) is 2. The molecule has 2 N–H and O–H groups in total. The number of fused-ring (bicyclic) bond motifs is 2. The second-order valence-electron chi connectivity index (χ2n) is 8.87. The van der Waals surface area contributed by atoms with Gasteiger partial charge in [0.25, 0.3) is 5.91 Å². The number of hydrogen-bond donors (Lipinski definition) is 2. The first kappa shape index (κ1) is 22.0. The first-order chi connectivity index (χ1) is 17.0. The minimum absolute atomic E-state index is 0.0180. The van der Waals surface area contributed by atoms with Gasteiger partial charge in [0.2, 0.25) is 5.43 Å². The van der Waals surface area contributed by atoms with Crippen molar-refractivity contribution in [2.24, 2.45) is 0 Å². The van der Waals surface area contributed by atoms with E-state index in [1.54, 1.807) is 25.4 Å². The van der Waals surface area contributed by atoms with Crippen LogP contribution >= 0.6 is 11.3 Å². The van der Waals surface area contributed by atoms with Crippen molar-refractivity contribution in [2.75, 3.05) is 43.5 Å². The molecule has 1 saturated heterocycles. The number of aromatic nitrogens is 2. The lowest BCUT2D eigenvalue weighted by Gasteiger charge is -2.30. The zero-order chi connectivity index (χ0) is 24.1. The third-order valence-corrected chi connectivity index (χ3v) is 7.51. The van der Waals surface area contributed by atoms with Crippen molar-refractivity contribution in [1.82, 2.24) is 14.9 Å². The first-order valence-corrected chi connectivity index (χ1v) is 12.4. The van der Waals surface area contributed by atoms with Gasteiger partial charge in [-0.25, -0.2) is 9.37 Å². The third-order valence-electron chi connectivity index (χ3n) is 6.56. The maximum absolute atomic E-state index is 15.2. The van der Waals surface area contributed by atoms with E-state index in [9.17, 15) is 9.59 Å². The summed E-state index contributed by atoms with van der Waals surface area (Å²) in [4.78, 5) is 33.0. The Hall–Kier alpha value is -3.50. The van der Waals surface area contributed by atoms with Crippen LogP contribution in [-0.4, -0.2) is 48.7 Å². The molecule has 1 saturated carbocycles. The summed E-state index contributed by atoms with van der Waals surface area (Å²) < 4.78 is 23.2. The second kappa shape index (κ2) is 8.62. The second-order valence-corrected chi connectivity index (χ2v) is 9.91. The number of thiazole rings is 1. The largest absolute Gasteiger partial charge is 0.497 e. The van der Waals surface area contributed by atoms with Crippen molar-refractivity contribution in [3.8, 4) is 5.75 Å². The molecular weight excluding hydrogens is 469 g/mol. The summed E-state index contributed by atoms with van der Waals surface area (Å²) in [7, 11) is 1.58. The van der Waals surface area contributed by atoms with Crippen LogP contribution in [0.25, 0.3) is 21.1 Å². The van der Waals surface area contributed by atoms with Gasteiger partial charge >= 0.3 is 0 Å². The van der Waals surface area contributed by atoms with Crippen LogP contribution in [0.1, 0.15) is 29.2 Å². The minimum Gasteiger partial charge on any atom is -0.497 e. The number of carbonyl (C=O) groups excluding carboxylic acids is 1. The van der Waals surface area contributed by atoms with E-state index < -0.39 is 17.2 Å². The van der Waals surface area contributed by atoms with Crippen molar-refractivity contribution in [2.45, 2.75) is 18.9 Å². The fourth-order valence-electron chi connectivity index (χ4n) is 4.58. The summed E-state index contributed by atoms with van der Waals surface area (Å²) in [5.41, 5.74) is 1.35. The standard InChI is InChI=1S/C25H24FN5O3S/c1-34-15-4-5-22-19(10-15)28-25(35-22)29-24(33)17-13-31(14-2-3-14)20-12-21(30-8-6-27-7-9-30)18(26)11-16(20)23(17)32/h4-5,10-14,27H,2-3,6-9H2,1H3,(H,28,29,33). The minimum atomic E-state index is -0.552. The number of nitrogens with zero attached hydrogens (tertiary/aromatic N) is 3. The Morgan fingerprint density at radius 3 is 2.77 bits per heavy atom. The van der Waals surface area contributed by atoms with E-state index in [4.69, 9.17) is 4.74 Å². The van der Waals surface area contributed by atoms with E-state index in [1.807, 2.05) is 21.6 Å². The highest BCUT2D eigenvalue weighted by Gasteiger charge is 2.28. The summed E-state index contributed by atoms with van der Waals surface area (Å²) in [6.07, 6.45) is 3.53. The Kier molecular flexibility index (Phi) is 5.42. The smallest absolute Gasteiger partial charge is 0.262 e. The third kappa shape index (κ3) is 4.02. The molecule has 1 aliphatic heterocycles. The lowest BCUT2D eigenvalue weighted by atomic mass is 10.1. The number of halogens is 1. The monoisotopic (exact) mass is 493 g/mol. The van der Waals surface area contributed by atoms with Crippen LogP contribution in [0.3, 0.4) is 0 Å². The van der Waals surface area contributed by atoms with Crippen LogP contribution < -0.4 is 25.7 Å². The van der Waals surface area contributed by atoms with Crippen LogP contribution in [0.4, 0.5) is 15.2 Å². The molecule has 6 rings (SSSR count). The van der Waals surface area contributed by atoms with Gasteiger partial charge in [0.15, 0.2) is 5.13 Å². The number of pyridine rings is 1. The number of piperazine rings is 1. The van der Waals surface area contributed by atoms with E-state index in [1.165, 1.54) is 17.4 Å². The molecule has 2 fully saturated rings. The molecule has 3 heterocycles. The lowest BCUT2D eigenvalue weighted by molar-refractivity contribution is 0.102. The normalized spacial score (nSPS) is 16.1. The molecule has 0 radical (unpaired) electrons. The quantitative estimate of drug-likeness (QED) is 0.440. The maximum atomic E-state index is 15.2. The van der Waals surface area contributed by atoms with Gasteiger partial charge in [-0.3, -0.25) is 14.9 Å².